The molecule has 5 aromatic rings. The van der Waals surface area contributed by atoms with Crippen molar-refractivity contribution in [2.45, 2.75) is 92.4 Å². The average molecular weight is 1130 g/mol. The Kier molecular flexibility index (Phi) is 16.5. The Morgan fingerprint density at radius 2 is 1.47 bits per heavy atom. The number of hydrogen-bond donors (Lipinski definition) is 5. The van der Waals surface area contributed by atoms with E-state index in [4.69, 9.17) is 0 Å². The summed E-state index contributed by atoms with van der Waals surface area (Å²) in [6.45, 7) is 10.7. The van der Waals surface area contributed by atoms with Crippen molar-refractivity contribution >= 4 is 102 Å². The van der Waals surface area contributed by atoms with Crippen molar-refractivity contribution in [2.24, 2.45) is 0 Å². The van der Waals surface area contributed by atoms with Gasteiger partial charge in [-0.05, 0) is 97.1 Å². The van der Waals surface area contributed by atoms with Crippen LogP contribution in [0.3, 0.4) is 0 Å². The number of rotatable bonds is 21. The number of sulfonamides is 1. The lowest BCUT2D eigenvalue weighted by Crippen LogP contribution is -2.30. The first kappa shape index (κ1) is 57.0. The molecule has 0 radical (unpaired) electrons. The zero-order valence-electron chi connectivity index (χ0n) is 42.0. The van der Waals surface area contributed by atoms with E-state index in [-0.39, 0.29) is 60.5 Å². The molecule has 7 rings (SSSR count). The fourth-order valence-corrected chi connectivity index (χ4v) is 13.7. The molecule has 0 saturated carbocycles. The second-order valence-electron chi connectivity index (χ2n) is 19.4. The van der Waals surface area contributed by atoms with Crippen LogP contribution in [0, 0.1) is 0 Å². The summed E-state index contributed by atoms with van der Waals surface area (Å²) in [5.41, 5.74) is 3.79. The van der Waals surface area contributed by atoms with Gasteiger partial charge >= 0.3 is 0 Å². The molecule has 19 nitrogen and oxygen atoms in total. The van der Waals surface area contributed by atoms with Gasteiger partial charge < -0.3 is 19.5 Å². The van der Waals surface area contributed by atoms with Crippen molar-refractivity contribution < 1.29 is 65.5 Å². The van der Waals surface area contributed by atoms with Crippen LogP contribution >= 0.6 is 0 Å². The van der Waals surface area contributed by atoms with E-state index in [1.54, 1.807) is 54.6 Å². The molecule has 0 aromatic heterocycles. The molecular weight excluding hydrogens is 1070 g/mol. The van der Waals surface area contributed by atoms with Crippen LogP contribution in [-0.2, 0) is 73.8 Å². The maximum absolute atomic E-state index is 14.3. The highest BCUT2D eigenvalue weighted by atomic mass is 32.2. The molecule has 0 bridgehead atoms. The van der Waals surface area contributed by atoms with Crippen LogP contribution in [0.2, 0.25) is 0 Å². The van der Waals surface area contributed by atoms with E-state index in [2.05, 4.69) is 10.0 Å². The van der Waals surface area contributed by atoms with Crippen LogP contribution in [0.25, 0.3) is 21.5 Å². The van der Waals surface area contributed by atoms with Gasteiger partial charge in [-0.3, -0.25) is 22.7 Å². The standard InChI is InChI=1S/C51H59N5O14S5/c1-7-27-55-42-26-24-38-40(31-36(74(65,66)67)32-44(38)75(68,69)70)49(42)51(4,5)45(55)16-9-8-10-17-46-50(2,3)48-39-14-11-15-43(37(39)23-25-41(48)56(46)29-13-30-72(60,61)62)73(63,64)54(6)28-12-18-47(57)52-33-34-19-21-35(22-20-34)53-71(58)59/h8-11,14-17,19-26,31-32,53H,7,12-13,18,27-30,33H2,1-6H3,(H4-,52,57,58,59,60,61,62,65,66,67,68,69,70). The zero-order valence-corrected chi connectivity index (χ0v) is 46.1. The number of allylic oxidation sites excluding steroid dienone is 6. The normalized spacial score (nSPS) is 16.7. The summed E-state index contributed by atoms with van der Waals surface area (Å²) in [5.74, 6) is -0.787. The van der Waals surface area contributed by atoms with Gasteiger partial charge in [0.2, 0.25) is 21.6 Å². The molecule has 2 aliphatic rings. The molecule has 24 heteroatoms. The Hall–Kier alpha value is -5.67. The highest BCUT2D eigenvalue weighted by Crippen LogP contribution is 2.52. The second kappa shape index (κ2) is 21.8. The molecule has 0 fully saturated rings. The summed E-state index contributed by atoms with van der Waals surface area (Å²) in [7, 11) is -16.8. The first-order valence-electron chi connectivity index (χ1n) is 23.7. The quantitative estimate of drug-likeness (QED) is 0.0209. The van der Waals surface area contributed by atoms with Crippen LogP contribution in [0.5, 0.6) is 0 Å². The van der Waals surface area contributed by atoms with E-state index >= 15 is 0 Å². The van der Waals surface area contributed by atoms with Crippen LogP contribution < -0.4 is 14.9 Å². The third-order valence-corrected chi connectivity index (χ3v) is 18.3. The summed E-state index contributed by atoms with van der Waals surface area (Å²) in [6.07, 6.45) is 10.2. The fraction of sp³-hybridized carbons (Fsp3) is 0.333. The first-order valence-corrected chi connectivity index (χ1v) is 30.7. The number of nitrogens with one attached hydrogen (secondary N) is 2. The lowest BCUT2D eigenvalue weighted by molar-refractivity contribution is -0.437. The molecule has 402 valence electrons. The summed E-state index contributed by atoms with van der Waals surface area (Å²) in [5, 5.41) is 4.20. The van der Waals surface area contributed by atoms with Gasteiger partial charge in [0.25, 0.3) is 30.4 Å². The lowest BCUT2D eigenvalue weighted by Gasteiger charge is -2.27. The minimum absolute atomic E-state index is 0.0392. The van der Waals surface area contributed by atoms with Gasteiger partial charge in [0.15, 0.2) is 5.71 Å². The predicted octanol–water partition coefficient (Wildman–Crippen LogP) is 7.27. The summed E-state index contributed by atoms with van der Waals surface area (Å²) in [4.78, 5) is 13.4. The molecule has 0 aliphatic carbocycles. The van der Waals surface area contributed by atoms with E-state index in [9.17, 15) is 60.9 Å². The minimum atomic E-state index is -4.92. The number of amides is 1. The van der Waals surface area contributed by atoms with Gasteiger partial charge in [-0.2, -0.15) is 29.8 Å². The summed E-state index contributed by atoms with van der Waals surface area (Å²) in [6, 6.07) is 20.2. The highest BCUT2D eigenvalue weighted by molar-refractivity contribution is 7.89. The molecule has 2 aliphatic heterocycles. The molecule has 1 amide bonds. The second-order valence-corrected chi connectivity index (χ2v) is 26.4. The van der Waals surface area contributed by atoms with Gasteiger partial charge in [-0.25, -0.2) is 12.7 Å². The molecule has 5 aromatic carbocycles. The van der Waals surface area contributed by atoms with Gasteiger partial charge in [-0.15, -0.1) is 0 Å². The van der Waals surface area contributed by atoms with Crippen molar-refractivity contribution in [1.82, 2.24) is 9.62 Å². The topological polar surface area (TPSA) is 288 Å². The molecule has 5 N–H and O–H groups in total. The Balaban J connectivity index is 1.16. The van der Waals surface area contributed by atoms with Crippen molar-refractivity contribution in [3.05, 3.63) is 132 Å². The van der Waals surface area contributed by atoms with E-state index in [0.29, 0.717) is 40.7 Å². The minimum Gasteiger partial charge on any atom is -0.755 e. The number of nitrogens with zero attached hydrogens (tertiary/aromatic N) is 3. The number of carbonyl (C=O) groups excluding carboxylic acids is 1. The van der Waals surface area contributed by atoms with E-state index < -0.39 is 78.0 Å². The van der Waals surface area contributed by atoms with Crippen molar-refractivity contribution in [3.8, 4) is 0 Å². The Morgan fingerprint density at radius 3 is 2.11 bits per heavy atom. The number of benzene rings is 5. The van der Waals surface area contributed by atoms with Gasteiger partial charge in [0.1, 0.15) is 11.4 Å². The third kappa shape index (κ3) is 12.1. The number of anilines is 2. The Bertz CT molecular complexity index is 3720. The van der Waals surface area contributed by atoms with E-state index in [1.807, 2.05) is 74.5 Å². The highest BCUT2D eigenvalue weighted by Gasteiger charge is 2.46. The molecule has 75 heavy (non-hydrogen) atoms. The third-order valence-electron chi connectivity index (χ3n) is 13.5. The Morgan fingerprint density at radius 1 is 0.787 bits per heavy atom. The summed E-state index contributed by atoms with van der Waals surface area (Å²) >= 11 is -2.47. The van der Waals surface area contributed by atoms with E-state index in [0.717, 1.165) is 34.3 Å². The summed E-state index contributed by atoms with van der Waals surface area (Å²) < 4.78 is 159. The number of hydrogen-bond acceptors (Lipinski definition) is 12. The molecule has 0 saturated heterocycles. The van der Waals surface area contributed by atoms with Crippen molar-refractivity contribution in [2.75, 3.05) is 42.1 Å². The molecular formula is C51H59N5O14S5. The Labute approximate surface area is 440 Å². The van der Waals surface area contributed by atoms with Crippen molar-refractivity contribution in [1.29, 1.82) is 0 Å². The smallest absolute Gasteiger partial charge is 0.295 e. The van der Waals surface area contributed by atoms with Gasteiger partial charge in [0, 0.05) is 102 Å². The zero-order chi connectivity index (χ0) is 55.1. The monoisotopic (exact) mass is 1130 g/mol. The predicted molar refractivity (Wildman–Crippen MR) is 288 cm³/mol. The van der Waals surface area contributed by atoms with Crippen LogP contribution in [0.15, 0.2) is 130 Å². The van der Waals surface area contributed by atoms with E-state index in [1.165, 1.54) is 29.6 Å². The molecule has 2 heterocycles. The average Bonchev–Trinajstić information content (AvgIpc) is 3.67. The van der Waals surface area contributed by atoms with Crippen LogP contribution in [0.1, 0.15) is 77.0 Å². The fourth-order valence-electron chi connectivity index (χ4n) is 10.1. The van der Waals surface area contributed by atoms with Crippen molar-refractivity contribution in [3.63, 3.8) is 0 Å². The SMILES string of the molecule is CCC[N+]1=C(C=CC=CC=C2N(CCCS(=O)(=O)O)c3ccc4c(S(=O)(=O)N(C)CCCC(=O)NCc5ccc(NS(=O)[O-])cc5)cccc4c3C2(C)C)C(C)(C)c2c1ccc1c(S(=O)(=O)O)cc(S(=O)(=O)O)cc21. The number of carbonyl (C=O) groups is 1. The van der Waals surface area contributed by atoms with Gasteiger partial charge in [0.05, 0.1) is 21.0 Å². The van der Waals surface area contributed by atoms with Crippen LogP contribution in [0.4, 0.5) is 17.1 Å². The van der Waals surface area contributed by atoms with Gasteiger partial charge in [-0.1, -0.05) is 69.3 Å². The maximum Gasteiger partial charge on any atom is 0.295 e. The van der Waals surface area contributed by atoms with Crippen LogP contribution in [-0.4, -0.2) is 109 Å². The maximum atomic E-state index is 14.3. The molecule has 1 atom stereocenters. The lowest BCUT2D eigenvalue weighted by atomic mass is 9.79. The number of fused-ring (bicyclic) bond motifs is 6. The first-order chi connectivity index (χ1) is 35.0. The molecule has 1 unspecified atom stereocenters. The largest absolute Gasteiger partial charge is 0.755 e. The molecule has 0 spiro atoms.